The van der Waals surface area contributed by atoms with Crippen LogP contribution in [0.1, 0.15) is 15.2 Å². The number of amides is 1. The van der Waals surface area contributed by atoms with E-state index in [0.717, 1.165) is 0 Å². The van der Waals surface area contributed by atoms with E-state index in [2.05, 4.69) is 5.32 Å². The minimum Gasteiger partial charge on any atom is -0.451 e. The second kappa shape index (κ2) is 7.54. The molecule has 0 aliphatic rings. The quantitative estimate of drug-likeness (QED) is 0.834. The molecule has 0 atom stereocenters. The van der Waals surface area contributed by atoms with E-state index in [4.69, 9.17) is 4.74 Å². The number of carbonyl (C=O) groups is 2. The molecule has 0 saturated heterocycles. The van der Waals surface area contributed by atoms with Gasteiger partial charge in [-0.3, -0.25) is 4.79 Å². The van der Waals surface area contributed by atoms with Crippen LogP contribution in [0.15, 0.2) is 41.8 Å². The first-order valence-corrected chi connectivity index (χ1v) is 7.25. The maximum atomic E-state index is 13.3. The van der Waals surface area contributed by atoms with Crippen molar-refractivity contribution in [3.8, 4) is 0 Å². The Bertz CT molecular complexity index is 613. The largest absolute Gasteiger partial charge is 0.451 e. The fraction of sp³-hybridized carbons (Fsp3) is 0.200. The van der Waals surface area contributed by atoms with Crippen molar-refractivity contribution in [3.05, 3.63) is 58.0 Å². The number of rotatable bonds is 6. The van der Waals surface area contributed by atoms with Crippen molar-refractivity contribution in [2.75, 3.05) is 13.2 Å². The van der Waals surface area contributed by atoms with Crippen molar-refractivity contribution >= 4 is 23.2 Å². The minimum atomic E-state index is -0.519. The standard InChI is InChI=1S/C15H14FNO3S/c16-12-5-2-1-4-11(12)7-8-17-14(18)10-20-15(19)13-6-3-9-21-13/h1-6,9H,7-8,10H2,(H,17,18). The lowest BCUT2D eigenvalue weighted by Crippen LogP contribution is -2.30. The second-order valence-electron chi connectivity index (χ2n) is 4.24. The van der Waals surface area contributed by atoms with Crippen LogP contribution >= 0.6 is 11.3 Å². The molecule has 21 heavy (non-hydrogen) atoms. The number of hydrogen-bond donors (Lipinski definition) is 1. The average molecular weight is 307 g/mol. The van der Waals surface area contributed by atoms with Gasteiger partial charge in [0.1, 0.15) is 10.7 Å². The van der Waals surface area contributed by atoms with Crippen molar-refractivity contribution in [2.45, 2.75) is 6.42 Å². The molecule has 2 rings (SSSR count). The minimum absolute atomic E-state index is 0.288. The lowest BCUT2D eigenvalue weighted by atomic mass is 10.1. The van der Waals surface area contributed by atoms with Gasteiger partial charge in [0, 0.05) is 6.54 Å². The number of thiophene rings is 1. The van der Waals surface area contributed by atoms with Crippen LogP contribution in [0.3, 0.4) is 0 Å². The summed E-state index contributed by atoms with van der Waals surface area (Å²) in [5.74, 6) is -1.22. The Kier molecular flexibility index (Phi) is 5.45. The van der Waals surface area contributed by atoms with E-state index in [-0.39, 0.29) is 19.0 Å². The van der Waals surface area contributed by atoms with Crippen LogP contribution in [0.4, 0.5) is 4.39 Å². The number of benzene rings is 1. The summed E-state index contributed by atoms with van der Waals surface area (Å²) in [7, 11) is 0. The van der Waals surface area contributed by atoms with Crippen molar-refractivity contribution in [1.82, 2.24) is 5.32 Å². The van der Waals surface area contributed by atoms with Gasteiger partial charge < -0.3 is 10.1 Å². The topological polar surface area (TPSA) is 55.4 Å². The summed E-state index contributed by atoms with van der Waals surface area (Å²) >= 11 is 1.25. The Morgan fingerprint density at radius 2 is 2.00 bits per heavy atom. The van der Waals surface area contributed by atoms with Crippen molar-refractivity contribution in [1.29, 1.82) is 0 Å². The molecular formula is C15H14FNO3S. The van der Waals surface area contributed by atoms with E-state index in [9.17, 15) is 14.0 Å². The summed E-state index contributed by atoms with van der Waals surface area (Å²) in [6, 6.07) is 9.75. The fourth-order valence-electron chi connectivity index (χ4n) is 1.69. The zero-order valence-electron chi connectivity index (χ0n) is 11.2. The number of halogens is 1. The fourth-order valence-corrected chi connectivity index (χ4v) is 2.30. The van der Waals surface area contributed by atoms with Crippen LogP contribution in [0, 0.1) is 5.82 Å². The Balaban J connectivity index is 1.68. The van der Waals surface area contributed by atoms with Crippen molar-refractivity contribution in [2.24, 2.45) is 0 Å². The summed E-state index contributed by atoms with van der Waals surface area (Å²) in [6.07, 6.45) is 0.386. The Hall–Kier alpha value is -2.21. The maximum absolute atomic E-state index is 13.3. The molecule has 0 spiro atoms. The third-order valence-electron chi connectivity index (χ3n) is 2.73. The maximum Gasteiger partial charge on any atom is 0.348 e. The van der Waals surface area contributed by atoms with Crippen molar-refractivity contribution < 1.29 is 18.7 Å². The molecule has 1 aromatic heterocycles. The highest BCUT2D eigenvalue weighted by Gasteiger charge is 2.10. The van der Waals surface area contributed by atoms with Crippen LogP contribution in [0.2, 0.25) is 0 Å². The zero-order chi connectivity index (χ0) is 15.1. The predicted octanol–water partition coefficient (Wildman–Crippen LogP) is 2.40. The molecular weight excluding hydrogens is 293 g/mol. The first-order valence-electron chi connectivity index (χ1n) is 6.37. The highest BCUT2D eigenvalue weighted by Crippen LogP contribution is 2.09. The van der Waals surface area contributed by atoms with Gasteiger partial charge in [0.15, 0.2) is 6.61 Å². The molecule has 0 fully saturated rings. The second-order valence-corrected chi connectivity index (χ2v) is 5.19. The van der Waals surface area contributed by atoms with Gasteiger partial charge in [-0.1, -0.05) is 24.3 Å². The average Bonchev–Trinajstić information content (AvgIpc) is 3.01. The lowest BCUT2D eigenvalue weighted by Gasteiger charge is -2.06. The van der Waals surface area contributed by atoms with Crippen LogP contribution < -0.4 is 5.32 Å². The summed E-state index contributed by atoms with van der Waals surface area (Å²) in [6.45, 7) is -0.0513. The summed E-state index contributed by atoms with van der Waals surface area (Å²) in [4.78, 5) is 23.5. The van der Waals surface area contributed by atoms with E-state index < -0.39 is 11.9 Å². The molecule has 1 heterocycles. The summed E-state index contributed by atoms with van der Waals surface area (Å²) in [5, 5.41) is 4.33. The molecule has 110 valence electrons. The molecule has 1 amide bonds. The van der Waals surface area contributed by atoms with E-state index in [1.807, 2.05) is 0 Å². The monoisotopic (exact) mass is 307 g/mol. The molecule has 0 saturated carbocycles. The van der Waals surface area contributed by atoms with E-state index in [1.54, 1.807) is 35.7 Å². The van der Waals surface area contributed by atoms with Gasteiger partial charge in [0.2, 0.25) is 0 Å². The number of esters is 1. The number of carbonyl (C=O) groups excluding carboxylic acids is 2. The van der Waals surface area contributed by atoms with Crippen molar-refractivity contribution in [3.63, 3.8) is 0 Å². The van der Waals surface area contributed by atoms with Crippen LogP contribution in [-0.4, -0.2) is 25.0 Å². The van der Waals surface area contributed by atoms with Crippen LogP contribution in [0.25, 0.3) is 0 Å². The highest BCUT2D eigenvalue weighted by atomic mass is 32.1. The molecule has 0 unspecified atom stereocenters. The molecule has 0 aliphatic carbocycles. The zero-order valence-corrected chi connectivity index (χ0v) is 12.0. The third-order valence-corrected chi connectivity index (χ3v) is 3.58. The number of nitrogens with one attached hydrogen (secondary N) is 1. The van der Waals surface area contributed by atoms with E-state index in [1.165, 1.54) is 17.4 Å². The number of ether oxygens (including phenoxy) is 1. The SMILES string of the molecule is O=C(COC(=O)c1cccs1)NCCc1ccccc1F. The predicted molar refractivity (Wildman–Crippen MR) is 77.7 cm³/mol. The Morgan fingerprint density at radius 3 is 2.71 bits per heavy atom. The molecule has 1 aromatic carbocycles. The molecule has 4 nitrogen and oxygen atoms in total. The van der Waals surface area contributed by atoms with Crippen LogP contribution in [-0.2, 0) is 16.0 Å². The van der Waals surface area contributed by atoms with Gasteiger partial charge in [-0.15, -0.1) is 11.3 Å². The third kappa shape index (κ3) is 4.68. The normalized spacial score (nSPS) is 10.1. The molecule has 1 N–H and O–H groups in total. The van der Waals surface area contributed by atoms with Gasteiger partial charge in [-0.05, 0) is 29.5 Å². The molecule has 0 radical (unpaired) electrons. The first kappa shape index (κ1) is 15.2. The van der Waals surface area contributed by atoms with E-state index in [0.29, 0.717) is 16.9 Å². The van der Waals surface area contributed by atoms with Gasteiger partial charge in [-0.25, -0.2) is 9.18 Å². The van der Waals surface area contributed by atoms with Crippen LogP contribution in [0.5, 0.6) is 0 Å². The Labute approximate surface area is 125 Å². The van der Waals surface area contributed by atoms with E-state index >= 15 is 0 Å². The number of hydrogen-bond acceptors (Lipinski definition) is 4. The molecule has 2 aromatic rings. The highest BCUT2D eigenvalue weighted by molar-refractivity contribution is 7.11. The van der Waals surface area contributed by atoms with Gasteiger partial charge in [0.25, 0.3) is 5.91 Å². The lowest BCUT2D eigenvalue weighted by molar-refractivity contribution is -0.124. The summed E-state index contributed by atoms with van der Waals surface area (Å²) in [5.41, 5.74) is 0.536. The summed E-state index contributed by atoms with van der Waals surface area (Å²) < 4.78 is 18.2. The smallest absolute Gasteiger partial charge is 0.348 e. The molecule has 0 aliphatic heterocycles. The van der Waals surface area contributed by atoms with Gasteiger partial charge in [0.05, 0.1) is 0 Å². The molecule has 6 heteroatoms. The molecule has 0 bridgehead atoms. The Morgan fingerprint density at radius 1 is 1.19 bits per heavy atom. The van der Waals surface area contributed by atoms with Gasteiger partial charge >= 0.3 is 5.97 Å². The van der Waals surface area contributed by atoms with Gasteiger partial charge in [-0.2, -0.15) is 0 Å². The first-order chi connectivity index (χ1) is 10.2.